The van der Waals surface area contributed by atoms with Crippen LogP contribution in [0.2, 0.25) is 0 Å². The van der Waals surface area contributed by atoms with Gasteiger partial charge in [0, 0.05) is 12.1 Å². The highest BCUT2D eigenvalue weighted by atomic mass is 16.3. The molecule has 2 aromatic rings. The number of carbonyl (C=O) groups is 1. The number of hydrogen-bond acceptors (Lipinski definition) is 3. The maximum Gasteiger partial charge on any atom is 0.243 e. The van der Waals surface area contributed by atoms with Crippen LogP contribution in [0.25, 0.3) is 0 Å². The lowest BCUT2D eigenvalue weighted by atomic mass is 10.1. The second-order valence-corrected chi connectivity index (χ2v) is 4.80. The number of furan rings is 1. The quantitative estimate of drug-likeness (QED) is 0.887. The zero-order valence-corrected chi connectivity index (χ0v) is 10.7. The summed E-state index contributed by atoms with van der Waals surface area (Å²) >= 11 is 0. The standard InChI is InChI=1S/C15H16N2O2/c1-10(14-7-4-8-19-14)16-15(18)13-9-11-5-2-3-6-12(11)17-13/h2-8,10,13,17H,9H2,1H3,(H,16,18)/t10?,13-/m0/s1. The van der Waals surface area contributed by atoms with Crippen LogP contribution in [0.4, 0.5) is 5.69 Å². The first-order valence-electron chi connectivity index (χ1n) is 6.42. The molecule has 0 bridgehead atoms. The van der Waals surface area contributed by atoms with E-state index in [4.69, 9.17) is 4.42 Å². The summed E-state index contributed by atoms with van der Waals surface area (Å²) in [6, 6.07) is 11.4. The van der Waals surface area contributed by atoms with Crippen molar-refractivity contribution in [1.82, 2.24) is 5.32 Å². The average Bonchev–Trinajstić information content (AvgIpc) is 3.07. The Morgan fingerprint density at radius 1 is 1.37 bits per heavy atom. The Morgan fingerprint density at radius 3 is 2.95 bits per heavy atom. The molecule has 0 saturated heterocycles. The average molecular weight is 256 g/mol. The van der Waals surface area contributed by atoms with Crippen LogP contribution in [0.1, 0.15) is 24.3 Å². The van der Waals surface area contributed by atoms with Crippen molar-refractivity contribution < 1.29 is 9.21 Å². The molecule has 1 aliphatic rings. The molecular weight excluding hydrogens is 240 g/mol. The molecule has 2 atom stereocenters. The minimum absolute atomic E-state index is 0.0000926. The number of hydrogen-bond donors (Lipinski definition) is 2. The van der Waals surface area contributed by atoms with Gasteiger partial charge in [0.25, 0.3) is 0 Å². The van der Waals surface area contributed by atoms with E-state index in [2.05, 4.69) is 10.6 Å². The summed E-state index contributed by atoms with van der Waals surface area (Å²) in [6.07, 6.45) is 2.34. The van der Waals surface area contributed by atoms with E-state index < -0.39 is 0 Å². The van der Waals surface area contributed by atoms with Crippen LogP contribution < -0.4 is 10.6 Å². The molecule has 1 aromatic heterocycles. The van der Waals surface area contributed by atoms with Gasteiger partial charge in [-0.1, -0.05) is 18.2 Å². The van der Waals surface area contributed by atoms with Gasteiger partial charge in [0.2, 0.25) is 5.91 Å². The zero-order valence-electron chi connectivity index (χ0n) is 10.7. The fourth-order valence-corrected chi connectivity index (χ4v) is 2.38. The highest BCUT2D eigenvalue weighted by Gasteiger charge is 2.27. The van der Waals surface area contributed by atoms with Crippen LogP contribution in [-0.4, -0.2) is 11.9 Å². The summed E-state index contributed by atoms with van der Waals surface area (Å²) in [5.74, 6) is 0.768. The second-order valence-electron chi connectivity index (χ2n) is 4.80. The number of nitrogens with one attached hydrogen (secondary N) is 2. The maximum atomic E-state index is 12.2. The first kappa shape index (κ1) is 11.8. The Kier molecular flexibility index (Phi) is 2.99. The fraction of sp³-hybridized carbons (Fsp3) is 0.267. The molecule has 2 heterocycles. The van der Waals surface area contributed by atoms with Gasteiger partial charge < -0.3 is 15.1 Å². The molecule has 1 aromatic carbocycles. The number of para-hydroxylation sites is 1. The highest BCUT2D eigenvalue weighted by Crippen LogP contribution is 2.25. The minimum atomic E-state index is -0.199. The third-order valence-electron chi connectivity index (χ3n) is 3.42. The first-order chi connectivity index (χ1) is 9.24. The van der Waals surface area contributed by atoms with Crippen LogP contribution in [-0.2, 0) is 11.2 Å². The Morgan fingerprint density at radius 2 is 2.21 bits per heavy atom. The Labute approximate surface area is 111 Å². The molecule has 4 nitrogen and oxygen atoms in total. The Bertz CT molecular complexity index is 553. The summed E-state index contributed by atoms with van der Waals surface area (Å²) in [5, 5.41) is 6.21. The van der Waals surface area contributed by atoms with E-state index in [1.165, 1.54) is 5.56 Å². The largest absolute Gasteiger partial charge is 0.467 e. The Hall–Kier alpha value is -2.23. The van der Waals surface area contributed by atoms with Crippen molar-refractivity contribution >= 4 is 11.6 Å². The van der Waals surface area contributed by atoms with Crippen LogP contribution in [0.5, 0.6) is 0 Å². The minimum Gasteiger partial charge on any atom is -0.467 e. The number of anilines is 1. The number of rotatable bonds is 3. The van der Waals surface area contributed by atoms with Gasteiger partial charge in [-0.2, -0.15) is 0 Å². The molecule has 0 spiro atoms. The van der Waals surface area contributed by atoms with Gasteiger partial charge in [-0.25, -0.2) is 0 Å². The third-order valence-corrected chi connectivity index (χ3v) is 3.42. The lowest BCUT2D eigenvalue weighted by Crippen LogP contribution is -2.39. The summed E-state index contributed by atoms with van der Waals surface area (Å²) in [5.41, 5.74) is 2.24. The molecule has 19 heavy (non-hydrogen) atoms. The van der Waals surface area contributed by atoms with E-state index in [9.17, 15) is 4.79 Å². The van der Waals surface area contributed by atoms with E-state index >= 15 is 0 Å². The lowest BCUT2D eigenvalue weighted by Gasteiger charge is -2.16. The maximum absolute atomic E-state index is 12.2. The lowest BCUT2D eigenvalue weighted by molar-refractivity contribution is -0.122. The summed E-state index contributed by atoms with van der Waals surface area (Å²) in [6.45, 7) is 1.92. The monoisotopic (exact) mass is 256 g/mol. The summed E-state index contributed by atoms with van der Waals surface area (Å²) in [7, 11) is 0. The molecular formula is C15H16N2O2. The van der Waals surface area contributed by atoms with Gasteiger partial charge >= 0.3 is 0 Å². The number of fused-ring (bicyclic) bond motifs is 1. The van der Waals surface area contributed by atoms with Gasteiger partial charge in [0.15, 0.2) is 0 Å². The van der Waals surface area contributed by atoms with E-state index in [-0.39, 0.29) is 18.0 Å². The number of amides is 1. The van der Waals surface area contributed by atoms with Crippen molar-refractivity contribution in [3.63, 3.8) is 0 Å². The van der Waals surface area contributed by atoms with Crippen molar-refractivity contribution in [2.45, 2.75) is 25.4 Å². The molecule has 1 aliphatic heterocycles. The second kappa shape index (κ2) is 4.80. The van der Waals surface area contributed by atoms with Gasteiger partial charge in [0.05, 0.1) is 12.3 Å². The fourth-order valence-electron chi connectivity index (χ4n) is 2.38. The van der Waals surface area contributed by atoms with Gasteiger partial charge in [-0.05, 0) is 30.7 Å². The molecule has 0 radical (unpaired) electrons. The number of benzene rings is 1. The zero-order chi connectivity index (χ0) is 13.2. The first-order valence-corrected chi connectivity index (χ1v) is 6.42. The molecule has 0 saturated carbocycles. The van der Waals surface area contributed by atoms with E-state index in [0.29, 0.717) is 0 Å². The predicted octanol–water partition coefficient (Wildman–Crippen LogP) is 2.49. The van der Waals surface area contributed by atoms with Crippen LogP contribution in [0.3, 0.4) is 0 Å². The molecule has 0 aliphatic carbocycles. The molecule has 3 rings (SSSR count). The van der Waals surface area contributed by atoms with Crippen LogP contribution in [0.15, 0.2) is 47.1 Å². The van der Waals surface area contributed by atoms with Crippen LogP contribution >= 0.6 is 0 Å². The summed E-state index contributed by atoms with van der Waals surface area (Å²) in [4.78, 5) is 12.2. The smallest absolute Gasteiger partial charge is 0.243 e. The van der Waals surface area contributed by atoms with Gasteiger partial charge in [-0.3, -0.25) is 4.79 Å². The molecule has 2 N–H and O–H groups in total. The topological polar surface area (TPSA) is 54.3 Å². The molecule has 0 fully saturated rings. The van der Waals surface area contributed by atoms with Crippen molar-refractivity contribution in [3.05, 3.63) is 54.0 Å². The predicted molar refractivity (Wildman–Crippen MR) is 72.8 cm³/mol. The van der Waals surface area contributed by atoms with Crippen molar-refractivity contribution in [2.75, 3.05) is 5.32 Å². The van der Waals surface area contributed by atoms with E-state index in [1.54, 1.807) is 6.26 Å². The van der Waals surface area contributed by atoms with Crippen molar-refractivity contribution in [3.8, 4) is 0 Å². The summed E-state index contributed by atoms with van der Waals surface area (Å²) < 4.78 is 5.29. The van der Waals surface area contributed by atoms with Gasteiger partial charge in [-0.15, -0.1) is 0 Å². The number of carbonyl (C=O) groups excluding carboxylic acids is 1. The molecule has 4 heteroatoms. The SMILES string of the molecule is CC(NC(=O)[C@@H]1Cc2ccccc2N1)c1ccco1. The van der Waals surface area contributed by atoms with Crippen molar-refractivity contribution in [2.24, 2.45) is 0 Å². The van der Waals surface area contributed by atoms with E-state index in [0.717, 1.165) is 17.9 Å². The van der Waals surface area contributed by atoms with Gasteiger partial charge in [0.1, 0.15) is 11.8 Å². The van der Waals surface area contributed by atoms with Crippen LogP contribution in [0, 0.1) is 0 Å². The third kappa shape index (κ3) is 2.34. The normalized spacial score (nSPS) is 18.5. The highest BCUT2D eigenvalue weighted by molar-refractivity contribution is 5.87. The van der Waals surface area contributed by atoms with Crippen molar-refractivity contribution in [1.29, 1.82) is 0 Å². The molecule has 1 amide bonds. The Balaban J connectivity index is 1.64. The molecule has 98 valence electrons. The van der Waals surface area contributed by atoms with E-state index in [1.807, 2.05) is 43.3 Å². The molecule has 1 unspecified atom stereocenters.